The van der Waals surface area contributed by atoms with Crippen LogP contribution in [-0.2, 0) is 9.59 Å². The fourth-order valence-electron chi connectivity index (χ4n) is 3.21. The quantitative estimate of drug-likeness (QED) is 0.872. The maximum absolute atomic E-state index is 12.8. The standard InChI is InChI=1S/C16H18BrNO4/c1-16(15(20)21)5-2-6-18(9-16)14(19)12-8-22-13-4-3-10(17)7-11(12)13/h3-4,7,12H,2,5-6,8-9H2,1H3,(H,20,21). The lowest BCUT2D eigenvalue weighted by molar-refractivity contribution is -0.153. The summed E-state index contributed by atoms with van der Waals surface area (Å²) >= 11 is 3.42. The number of carboxylic acids is 1. The molecule has 2 aliphatic heterocycles. The Morgan fingerprint density at radius 1 is 1.45 bits per heavy atom. The van der Waals surface area contributed by atoms with Crippen molar-refractivity contribution in [2.24, 2.45) is 5.41 Å². The number of carbonyl (C=O) groups excluding carboxylic acids is 1. The molecule has 1 saturated heterocycles. The van der Waals surface area contributed by atoms with Crippen molar-refractivity contribution < 1.29 is 19.4 Å². The van der Waals surface area contributed by atoms with E-state index in [1.54, 1.807) is 11.8 Å². The summed E-state index contributed by atoms with van der Waals surface area (Å²) in [6.45, 7) is 2.91. The van der Waals surface area contributed by atoms with Crippen molar-refractivity contribution in [3.63, 3.8) is 0 Å². The fraction of sp³-hybridized carbons (Fsp3) is 0.500. The van der Waals surface area contributed by atoms with Gasteiger partial charge in [-0.25, -0.2) is 0 Å². The molecule has 0 radical (unpaired) electrons. The highest BCUT2D eigenvalue weighted by Gasteiger charge is 2.42. The summed E-state index contributed by atoms with van der Waals surface area (Å²) in [5, 5.41) is 9.39. The van der Waals surface area contributed by atoms with Crippen molar-refractivity contribution in [1.29, 1.82) is 0 Å². The van der Waals surface area contributed by atoms with Crippen LogP contribution in [0, 0.1) is 5.41 Å². The summed E-state index contributed by atoms with van der Waals surface area (Å²) in [5.41, 5.74) is 0.0231. The van der Waals surface area contributed by atoms with Crippen molar-refractivity contribution in [2.75, 3.05) is 19.7 Å². The number of likely N-dealkylation sites (tertiary alicyclic amines) is 1. The highest BCUT2D eigenvalue weighted by molar-refractivity contribution is 9.10. The molecule has 118 valence electrons. The van der Waals surface area contributed by atoms with Gasteiger partial charge in [-0.2, -0.15) is 0 Å². The number of nitrogens with zero attached hydrogens (tertiary/aromatic N) is 1. The van der Waals surface area contributed by atoms with E-state index in [2.05, 4.69) is 15.9 Å². The van der Waals surface area contributed by atoms with E-state index < -0.39 is 11.4 Å². The zero-order chi connectivity index (χ0) is 15.9. The largest absolute Gasteiger partial charge is 0.492 e. The second-order valence-corrected chi connectivity index (χ2v) is 7.19. The number of rotatable bonds is 2. The average molecular weight is 368 g/mol. The van der Waals surface area contributed by atoms with Gasteiger partial charge in [-0.15, -0.1) is 0 Å². The van der Waals surface area contributed by atoms with Gasteiger partial charge in [0.15, 0.2) is 0 Å². The Labute approximate surface area is 137 Å². The zero-order valence-electron chi connectivity index (χ0n) is 12.3. The molecule has 6 heteroatoms. The maximum atomic E-state index is 12.8. The first-order chi connectivity index (χ1) is 10.4. The topological polar surface area (TPSA) is 66.8 Å². The summed E-state index contributed by atoms with van der Waals surface area (Å²) in [6.07, 6.45) is 1.32. The Morgan fingerprint density at radius 3 is 2.95 bits per heavy atom. The maximum Gasteiger partial charge on any atom is 0.311 e. The summed E-state index contributed by atoms with van der Waals surface area (Å²) in [7, 11) is 0. The van der Waals surface area contributed by atoms with Gasteiger partial charge in [0, 0.05) is 23.1 Å². The van der Waals surface area contributed by atoms with Gasteiger partial charge in [0.25, 0.3) is 0 Å². The normalized spacial score (nSPS) is 27.2. The number of benzene rings is 1. The van der Waals surface area contributed by atoms with Crippen LogP contribution >= 0.6 is 15.9 Å². The minimum absolute atomic E-state index is 0.0379. The van der Waals surface area contributed by atoms with Gasteiger partial charge in [-0.1, -0.05) is 15.9 Å². The lowest BCUT2D eigenvalue weighted by Gasteiger charge is -2.38. The summed E-state index contributed by atoms with van der Waals surface area (Å²) < 4.78 is 6.50. The number of piperidine rings is 1. The summed E-state index contributed by atoms with van der Waals surface area (Å²) in [6, 6.07) is 5.64. The number of carboxylic acid groups (broad SMARTS) is 1. The van der Waals surface area contributed by atoms with E-state index >= 15 is 0 Å². The third kappa shape index (κ3) is 2.60. The molecule has 1 fully saturated rings. The molecule has 1 aromatic rings. The first-order valence-electron chi connectivity index (χ1n) is 7.35. The molecule has 2 unspecified atom stereocenters. The van der Waals surface area contributed by atoms with E-state index in [0.29, 0.717) is 26.0 Å². The van der Waals surface area contributed by atoms with E-state index in [4.69, 9.17) is 4.74 Å². The number of aliphatic carboxylic acids is 1. The minimum Gasteiger partial charge on any atom is -0.492 e. The molecular weight excluding hydrogens is 350 g/mol. The van der Waals surface area contributed by atoms with E-state index in [1.807, 2.05) is 18.2 Å². The lowest BCUT2D eigenvalue weighted by Crippen LogP contribution is -2.49. The smallest absolute Gasteiger partial charge is 0.311 e. The molecular formula is C16H18BrNO4. The molecule has 0 aromatic heterocycles. The summed E-state index contributed by atoms with van der Waals surface area (Å²) in [4.78, 5) is 25.9. The third-order valence-corrected chi connectivity index (χ3v) is 5.07. The number of halogens is 1. The second-order valence-electron chi connectivity index (χ2n) is 6.27. The van der Waals surface area contributed by atoms with Gasteiger partial charge in [-0.05, 0) is 38.0 Å². The van der Waals surface area contributed by atoms with Gasteiger partial charge in [0.2, 0.25) is 5.91 Å². The predicted octanol–water partition coefficient (Wildman–Crippen LogP) is 2.64. The Balaban J connectivity index is 1.81. The Kier molecular flexibility index (Phi) is 3.89. The predicted molar refractivity (Wildman–Crippen MR) is 83.9 cm³/mol. The molecule has 3 rings (SSSR count). The van der Waals surface area contributed by atoms with Crippen LogP contribution in [0.2, 0.25) is 0 Å². The fourth-order valence-corrected chi connectivity index (χ4v) is 3.59. The summed E-state index contributed by atoms with van der Waals surface area (Å²) in [5.74, 6) is -0.483. The zero-order valence-corrected chi connectivity index (χ0v) is 13.9. The number of carbonyl (C=O) groups is 2. The van der Waals surface area contributed by atoms with Gasteiger partial charge in [0.05, 0.1) is 5.41 Å². The molecule has 0 spiro atoms. The molecule has 5 nitrogen and oxygen atoms in total. The van der Waals surface area contributed by atoms with Crippen molar-refractivity contribution >= 4 is 27.8 Å². The minimum atomic E-state index is -0.854. The average Bonchev–Trinajstić information content (AvgIpc) is 2.89. The number of ether oxygens (including phenoxy) is 1. The molecule has 1 amide bonds. The molecule has 1 N–H and O–H groups in total. The first kappa shape index (κ1) is 15.3. The molecule has 2 heterocycles. The van der Waals surface area contributed by atoms with E-state index in [-0.39, 0.29) is 18.4 Å². The number of amides is 1. The van der Waals surface area contributed by atoms with Crippen LogP contribution in [0.15, 0.2) is 22.7 Å². The van der Waals surface area contributed by atoms with Crippen LogP contribution in [-0.4, -0.2) is 41.6 Å². The van der Waals surface area contributed by atoms with E-state index in [1.165, 1.54) is 0 Å². The van der Waals surface area contributed by atoms with Crippen molar-refractivity contribution in [3.8, 4) is 5.75 Å². The Bertz CT molecular complexity index is 633. The first-order valence-corrected chi connectivity index (χ1v) is 8.14. The Morgan fingerprint density at radius 2 is 2.23 bits per heavy atom. The van der Waals surface area contributed by atoms with Gasteiger partial charge in [-0.3, -0.25) is 9.59 Å². The van der Waals surface area contributed by atoms with E-state index in [0.717, 1.165) is 15.8 Å². The number of hydrogen-bond donors (Lipinski definition) is 1. The molecule has 2 aliphatic rings. The van der Waals surface area contributed by atoms with Gasteiger partial charge >= 0.3 is 5.97 Å². The van der Waals surface area contributed by atoms with Crippen molar-refractivity contribution in [1.82, 2.24) is 4.90 Å². The number of fused-ring (bicyclic) bond motifs is 1. The van der Waals surface area contributed by atoms with E-state index in [9.17, 15) is 14.7 Å². The van der Waals surface area contributed by atoms with Gasteiger partial charge < -0.3 is 14.7 Å². The number of hydrogen-bond acceptors (Lipinski definition) is 3. The molecule has 0 saturated carbocycles. The Hall–Kier alpha value is -1.56. The molecule has 2 atom stereocenters. The van der Waals surface area contributed by atoms with Crippen LogP contribution in [0.5, 0.6) is 5.75 Å². The molecule has 0 bridgehead atoms. The SMILES string of the molecule is CC1(C(=O)O)CCCN(C(=O)C2COc3ccc(Br)cc32)C1. The van der Waals surface area contributed by atoms with Crippen LogP contribution in [0.3, 0.4) is 0 Å². The third-order valence-electron chi connectivity index (χ3n) is 4.58. The second kappa shape index (κ2) is 5.57. The van der Waals surface area contributed by atoms with Crippen LogP contribution in [0.1, 0.15) is 31.2 Å². The van der Waals surface area contributed by atoms with Crippen LogP contribution in [0.25, 0.3) is 0 Å². The molecule has 1 aromatic carbocycles. The van der Waals surface area contributed by atoms with Crippen LogP contribution in [0.4, 0.5) is 0 Å². The molecule has 0 aliphatic carbocycles. The highest BCUT2D eigenvalue weighted by Crippen LogP contribution is 2.38. The van der Waals surface area contributed by atoms with Crippen molar-refractivity contribution in [2.45, 2.75) is 25.7 Å². The van der Waals surface area contributed by atoms with Crippen LogP contribution < -0.4 is 4.74 Å². The molecule has 22 heavy (non-hydrogen) atoms. The lowest BCUT2D eigenvalue weighted by atomic mass is 9.81. The van der Waals surface area contributed by atoms with Crippen molar-refractivity contribution in [3.05, 3.63) is 28.2 Å². The monoisotopic (exact) mass is 367 g/mol. The van der Waals surface area contributed by atoms with Gasteiger partial charge in [0.1, 0.15) is 18.3 Å². The highest BCUT2D eigenvalue weighted by atomic mass is 79.9.